The van der Waals surface area contributed by atoms with Gasteiger partial charge in [0.2, 0.25) is 0 Å². The lowest BCUT2D eigenvalue weighted by molar-refractivity contribution is -0.137. The van der Waals surface area contributed by atoms with Gasteiger partial charge in [-0.15, -0.1) is 0 Å². The molecule has 0 aliphatic heterocycles. The van der Waals surface area contributed by atoms with Crippen molar-refractivity contribution in [2.24, 2.45) is 5.73 Å². The zero-order valence-corrected chi connectivity index (χ0v) is 8.46. The van der Waals surface area contributed by atoms with Gasteiger partial charge in [0.15, 0.2) is 0 Å². The van der Waals surface area contributed by atoms with E-state index in [1.807, 2.05) is 0 Å². The maximum absolute atomic E-state index is 12.5. The van der Waals surface area contributed by atoms with Crippen molar-refractivity contribution in [3.8, 4) is 0 Å². The summed E-state index contributed by atoms with van der Waals surface area (Å²) in [6.07, 6.45) is 0.219. The highest BCUT2D eigenvalue weighted by molar-refractivity contribution is 5.45. The fourth-order valence-corrected chi connectivity index (χ4v) is 1.11. The smallest absolute Gasteiger partial charge is 0.366 e. The molecule has 1 heterocycles. The van der Waals surface area contributed by atoms with E-state index in [-0.39, 0.29) is 12.4 Å². The Morgan fingerprint density at radius 2 is 2.12 bits per heavy atom. The lowest BCUT2D eigenvalue weighted by Crippen LogP contribution is -2.12. The summed E-state index contributed by atoms with van der Waals surface area (Å²) >= 11 is 0. The zero-order chi connectivity index (χ0) is 12.0. The van der Waals surface area contributed by atoms with Crippen LogP contribution < -0.4 is 11.1 Å². The lowest BCUT2D eigenvalue weighted by atomic mass is 10.2. The largest absolute Gasteiger partial charge is 0.419 e. The molecule has 1 aromatic heterocycles. The fraction of sp³-hybridized carbons (Fsp3) is 0.300. The second-order valence-electron chi connectivity index (χ2n) is 2.99. The van der Waals surface area contributed by atoms with Crippen LogP contribution in [0.2, 0.25) is 0 Å². The maximum Gasteiger partial charge on any atom is 0.419 e. The van der Waals surface area contributed by atoms with E-state index in [2.05, 4.69) is 10.3 Å². The van der Waals surface area contributed by atoms with Crippen molar-refractivity contribution in [2.75, 3.05) is 18.4 Å². The first-order chi connectivity index (χ1) is 7.55. The van der Waals surface area contributed by atoms with E-state index in [1.165, 1.54) is 12.3 Å². The van der Waals surface area contributed by atoms with E-state index >= 15 is 0 Å². The van der Waals surface area contributed by atoms with Gasteiger partial charge in [-0.3, -0.25) is 0 Å². The van der Waals surface area contributed by atoms with E-state index in [0.717, 1.165) is 6.07 Å². The number of anilines is 1. The molecule has 6 heteroatoms. The number of nitrogens with two attached hydrogens (primary N) is 1. The van der Waals surface area contributed by atoms with Gasteiger partial charge in [0, 0.05) is 19.3 Å². The van der Waals surface area contributed by atoms with Gasteiger partial charge >= 0.3 is 6.18 Å². The molecule has 16 heavy (non-hydrogen) atoms. The van der Waals surface area contributed by atoms with E-state index < -0.39 is 11.7 Å². The molecule has 0 saturated heterocycles. The van der Waals surface area contributed by atoms with Crippen LogP contribution in [0.5, 0.6) is 0 Å². The number of rotatable bonds is 4. The van der Waals surface area contributed by atoms with Crippen LogP contribution in [0.4, 0.5) is 19.0 Å². The molecule has 0 unspecified atom stereocenters. The van der Waals surface area contributed by atoms with Crippen molar-refractivity contribution in [3.05, 3.63) is 36.0 Å². The summed E-state index contributed by atoms with van der Waals surface area (Å²) in [5.74, 6) is -0.170. The molecule has 0 aliphatic rings. The average molecular weight is 231 g/mol. The second-order valence-corrected chi connectivity index (χ2v) is 2.99. The van der Waals surface area contributed by atoms with Crippen molar-refractivity contribution >= 4 is 5.82 Å². The summed E-state index contributed by atoms with van der Waals surface area (Å²) in [6, 6.07) is 2.24. The Kier molecular flexibility index (Phi) is 4.30. The van der Waals surface area contributed by atoms with Crippen molar-refractivity contribution in [1.82, 2.24) is 4.98 Å². The third-order valence-corrected chi connectivity index (χ3v) is 1.80. The highest BCUT2D eigenvalue weighted by atomic mass is 19.4. The molecular formula is C10H12F3N3. The van der Waals surface area contributed by atoms with Gasteiger partial charge in [-0.1, -0.05) is 12.2 Å². The first kappa shape index (κ1) is 12.5. The molecule has 0 amide bonds. The molecule has 0 radical (unpaired) electrons. The highest BCUT2D eigenvalue weighted by Crippen LogP contribution is 2.33. The molecule has 88 valence electrons. The van der Waals surface area contributed by atoms with Crippen molar-refractivity contribution in [2.45, 2.75) is 6.18 Å². The second kappa shape index (κ2) is 5.50. The Labute approximate surface area is 91.2 Å². The molecule has 0 fully saturated rings. The highest BCUT2D eigenvalue weighted by Gasteiger charge is 2.33. The maximum atomic E-state index is 12.5. The van der Waals surface area contributed by atoms with E-state index in [9.17, 15) is 13.2 Å². The molecular weight excluding hydrogens is 219 g/mol. The predicted octanol–water partition coefficient (Wildman–Crippen LogP) is 2.03. The van der Waals surface area contributed by atoms with Gasteiger partial charge in [0.05, 0.1) is 5.56 Å². The van der Waals surface area contributed by atoms with Gasteiger partial charge in [-0.2, -0.15) is 13.2 Å². The molecule has 0 aromatic carbocycles. The minimum atomic E-state index is -4.39. The van der Waals surface area contributed by atoms with Gasteiger partial charge in [-0.05, 0) is 12.1 Å². The summed E-state index contributed by atoms with van der Waals surface area (Å²) in [7, 11) is 0. The number of nitrogens with zero attached hydrogens (tertiary/aromatic N) is 1. The molecule has 0 spiro atoms. The van der Waals surface area contributed by atoms with Crippen LogP contribution in [0, 0.1) is 0 Å². The van der Waals surface area contributed by atoms with Crippen molar-refractivity contribution in [1.29, 1.82) is 0 Å². The van der Waals surface area contributed by atoms with Crippen LogP contribution in [-0.4, -0.2) is 18.1 Å². The minimum Gasteiger partial charge on any atom is -0.366 e. The average Bonchev–Trinajstić information content (AvgIpc) is 2.24. The van der Waals surface area contributed by atoms with Crippen LogP contribution in [0.3, 0.4) is 0 Å². The quantitative estimate of drug-likeness (QED) is 0.779. The fourth-order valence-electron chi connectivity index (χ4n) is 1.11. The third-order valence-electron chi connectivity index (χ3n) is 1.80. The number of pyridine rings is 1. The molecule has 0 bridgehead atoms. The topological polar surface area (TPSA) is 50.9 Å². The van der Waals surface area contributed by atoms with Gasteiger partial charge in [0.25, 0.3) is 0 Å². The molecule has 3 nitrogen and oxygen atoms in total. The van der Waals surface area contributed by atoms with Crippen molar-refractivity contribution in [3.63, 3.8) is 0 Å². The monoisotopic (exact) mass is 231 g/mol. The Morgan fingerprint density at radius 3 is 2.75 bits per heavy atom. The van der Waals surface area contributed by atoms with Crippen LogP contribution in [0.15, 0.2) is 30.5 Å². The van der Waals surface area contributed by atoms with Crippen LogP contribution >= 0.6 is 0 Å². The summed E-state index contributed by atoms with van der Waals surface area (Å²) in [4.78, 5) is 3.65. The number of nitrogens with one attached hydrogen (secondary N) is 1. The zero-order valence-electron chi connectivity index (χ0n) is 8.46. The first-order valence-corrected chi connectivity index (χ1v) is 4.67. The number of hydrogen-bond donors (Lipinski definition) is 2. The predicted molar refractivity (Wildman–Crippen MR) is 55.9 cm³/mol. The van der Waals surface area contributed by atoms with E-state index in [4.69, 9.17) is 5.73 Å². The molecule has 1 aromatic rings. The summed E-state index contributed by atoms with van der Waals surface area (Å²) < 4.78 is 37.5. The van der Waals surface area contributed by atoms with Crippen LogP contribution in [-0.2, 0) is 6.18 Å². The van der Waals surface area contributed by atoms with E-state index in [1.54, 1.807) is 12.2 Å². The molecule has 0 aliphatic carbocycles. The number of aromatic nitrogens is 1. The van der Waals surface area contributed by atoms with Crippen LogP contribution in [0.1, 0.15) is 5.56 Å². The van der Waals surface area contributed by atoms with Crippen LogP contribution in [0.25, 0.3) is 0 Å². The summed E-state index contributed by atoms with van der Waals surface area (Å²) in [5.41, 5.74) is 4.43. The lowest BCUT2D eigenvalue weighted by Gasteiger charge is -2.11. The molecule has 0 atom stereocenters. The normalized spacial score (nSPS) is 12.0. The first-order valence-electron chi connectivity index (χ1n) is 4.67. The van der Waals surface area contributed by atoms with Crippen molar-refractivity contribution < 1.29 is 13.2 Å². The minimum absolute atomic E-state index is 0.170. The number of halogens is 3. The van der Waals surface area contributed by atoms with Gasteiger partial charge in [-0.25, -0.2) is 4.98 Å². The van der Waals surface area contributed by atoms with Gasteiger partial charge in [0.1, 0.15) is 5.82 Å². The molecule has 0 saturated carbocycles. The summed E-state index contributed by atoms with van der Waals surface area (Å²) in [6.45, 7) is 0.618. The summed E-state index contributed by atoms with van der Waals surface area (Å²) in [5, 5.41) is 2.58. The Balaban J connectivity index is 2.76. The Hall–Kier alpha value is -1.56. The SMILES string of the molecule is NC/C=C/CNc1ncccc1C(F)(F)F. The van der Waals surface area contributed by atoms with E-state index in [0.29, 0.717) is 6.54 Å². The molecule has 3 N–H and O–H groups in total. The Morgan fingerprint density at radius 1 is 1.38 bits per heavy atom. The molecule has 1 rings (SSSR count). The number of hydrogen-bond acceptors (Lipinski definition) is 3. The van der Waals surface area contributed by atoms with Gasteiger partial charge < -0.3 is 11.1 Å². The third kappa shape index (κ3) is 3.54. The Bertz CT molecular complexity index is 361. The standard InChI is InChI=1S/C10H12F3N3/c11-10(12,13)8-4-3-7-16-9(8)15-6-2-1-5-14/h1-4,7H,5-6,14H2,(H,15,16)/b2-1+. The number of alkyl halides is 3.